The lowest BCUT2D eigenvalue weighted by molar-refractivity contribution is -0.141. The van der Waals surface area contributed by atoms with Gasteiger partial charge in [0.25, 0.3) is 5.91 Å². The Morgan fingerprint density at radius 3 is 2.44 bits per heavy atom. The van der Waals surface area contributed by atoms with E-state index >= 15 is 0 Å². The Hall–Kier alpha value is -2.37. The standard InChI is InChI=1S/C19H25N3O3/c1-4-13(5-2)17(23)21-11-10-15-16(21)18(24)22(19(25)20-15)14-8-6-12(3)7-9-14/h6-9,13,15-16H,4-5,10-11H2,1-3H3,(H,20,25)/t15-,16-/m0/s1. The van der Waals surface area contributed by atoms with Crippen molar-refractivity contribution in [1.29, 1.82) is 0 Å². The number of nitrogens with zero attached hydrogens (tertiary/aromatic N) is 2. The Morgan fingerprint density at radius 2 is 1.84 bits per heavy atom. The zero-order valence-electron chi connectivity index (χ0n) is 15.0. The smallest absolute Gasteiger partial charge is 0.329 e. The number of anilines is 1. The van der Waals surface area contributed by atoms with E-state index < -0.39 is 12.1 Å². The van der Waals surface area contributed by atoms with Crippen LogP contribution in [0.4, 0.5) is 10.5 Å². The molecule has 2 fully saturated rings. The van der Waals surface area contributed by atoms with E-state index in [4.69, 9.17) is 0 Å². The fourth-order valence-corrected chi connectivity index (χ4v) is 3.76. The third-order valence-electron chi connectivity index (χ3n) is 5.29. The van der Waals surface area contributed by atoms with Gasteiger partial charge in [0.1, 0.15) is 6.04 Å². The summed E-state index contributed by atoms with van der Waals surface area (Å²) in [5.41, 5.74) is 1.59. The maximum Gasteiger partial charge on any atom is 0.329 e. The van der Waals surface area contributed by atoms with Crippen LogP contribution < -0.4 is 10.2 Å². The maximum absolute atomic E-state index is 13.1. The minimum atomic E-state index is -0.605. The van der Waals surface area contributed by atoms with Crippen LogP contribution in [0.15, 0.2) is 24.3 Å². The van der Waals surface area contributed by atoms with E-state index in [1.807, 2.05) is 32.9 Å². The lowest BCUT2D eigenvalue weighted by atomic mass is 9.99. The summed E-state index contributed by atoms with van der Waals surface area (Å²) in [5, 5.41) is 2.90. The van der Waals surface area contributed by atoms with E-state index in [0.29, 0.717) is 18.7 Å². The van der Waals surface area contributed by atoms with Crippen LogP contribution in [0.1, 0.15) is 38.7 Å². The molecule has 0 unspecified atom stereocenters. The number of benzene rings is 1. The van der Waals surface area contributed by atoms with Gasteiger partial charge in [-0.15, -0.1) is 0 Å². The average molecular weight is 343 g/mol. The molecule has 0 aliphatic carbocycles. The number of amides is 4. The Morgan fingerprint density at radius 1 is 1.20 bits per heavy atom. The molecule has 0 bridgehead atoms. The van der Waals surface area contributed by atoms with Crippen LogP contribution in [0.5, 0.6) is 0 Å². The second-order valence-corrected chi connectivity index (χ2v) is 6.84. The van der Waals surface area contributed by atoms with Crippen molar-refractivity contribution in [2.45, 2.75) is 52.1 Å². The summed E-state index contributed by atoms with van der Waals surface area (Å²) in [6.07, 6.45) is 2.13. The van der Waals surface area contributed by atoms with Gasteiger partial charge in [-0.25, -0.2) is 9.69 Å². The third kappa shape index (κ3) is 3.01. The summed E-state index contributed by atoms with van der Waals surface area (Å²) in [5.74, 6) is -0.364. The van der Waals surface area contributed by atoms with Crippen LogP contribution in [0.3, 0.4) is 0 Å². The highest BCUT2D eigenvalue weighted by Crippen LogP contribution is 2.29. The number of nitrogens with one attached hydrogen (secondary N) is 1. The molecule has 2 atom stereocenters. The summed E-state index contributed by atoms with van der Waals surface area (Å²) >= 11 is 0. The molecule has 1 aromatic carbocycles. The van der Waals surface area contributed by atoms with E-state index in [-0.39, 0.29) is 23.8 Å². The SMILES string of the molecule is CCC(CC)C(=O)N1CC[C@@H]2NC(=O)N(c3ccc(C)cc3)C(=O)[C@H]21. The van der Waals surface area contributed by atoms with Gasteiger partial charge in [0, 0.05) is 12.5 Å². The topological polar surface area (TPSA) is 69.7 Å². The molecule has 4 amide bonds. The number of aryl methyl sites for hydroxylation is 1. The lowest BCUT2D eigenvalue weighted by Crippen LogP contribution is -2.65. The van der Waals surface area contributed by atoms with Gasteiger partial charge in [-0.05, 0) is 38.3 Å². The first kappa shape index (κ1) is 17.5. The van der Waals surface area contributed by atoms with E-state index in [0.717, 1.165) is 18.4 Å². The van der Waals surface area contributed by atoms with Gasteiger partial charge in [-0.2, -0.15) is 0 Å². The Kier molecular flexibility index (Phi) is 4.79. The van der Waals surface area contributed by atoms with Crippen molar-refractivity contribution >= 4 is 23.5 Å². The molecule has 2 aliphatic heterocycles. The summed E-state index contributed by atoms with van der Waals surface area (Å²) < 4.78 is 0. The van der Waals surface area contributed by atoms with Crippen molar-refractivity contribution in [2.75, 3.05) is 11.4 Å². The highest BCUT2D eigenvalue weighted by atomic mass is 16.2. The van der Waals surface area contributed by atoms with Crippen molar-refractivity contribution < 1.29 is 14.4 Å². The molecule has 0 spiro atoms. The highest BCUT2D eigenvalue weighted by Gasteiger charge is 2.50. The molecule has 3 rings (SSSR count). The monoisotopic (exact) mass is 343 g/mol. The van der Waals surface area contributed by atoms with E-state index in [2.05, 4.69) is 5.32 Å². The van der Waals surface area contributed by atoms with Crippen LogP contribution in [0.25, 0.3) is 0 Å². The van der Waals surface area contributed by atoms with Gasteiger partial charge >= 0.3 is 6.03 Å². The number of urea groups is 1. The summed E-state index contributed by atoms with van der Waals surface area (Å²) in [6.45, 7) is 6.44. The van der Waals surface area contributed by atoms with Gasteiger partial charge in [0.05, 0.1) is 11.7 Å². The lowest BCUT2D eigenvalue weighted by Gasteiger charge is -2.37. The first-order valence-corrected chi connectivity index (χ1v) is 8.99. The minimum Gasteiger partial charge on any atom is -0.332 e. The third-order valence-corrected chi connectivity index (χ3v) is 5.29. The van der Waals surface area contributed by atoms with Crippen molar-refractivity contribution in [3.05, 3.63) is 29.8 Å². The van der Waals surface area contributed by atoms with Crippen molar-refractivity contribution in [3.63, 3.8) is 0 Å². The number of rotatable bonds is 4. The molecule has 2 heterocycles. The molecule has 1 aromatic rings. The Labute approximate surface area is 148 Å². The minimum absolute atomic E-state index is 0.0193. The number of hydrogen-bond donors (Lipinski definition) is 1. The van der Waals surface area contributed by atoms with Gasteiger partial charge in [-0.1, -0.05) is 31.5 Å². The molecule has 6 nitrogen and oxygen atoms in total. The normalized spacial score (nSPS) is 23.0. The van der Waals surface area contributed by atoms with Crippen molar-refractivity contribution in [2.24, 2.45) is 5.92 Å². The molecule has 6 heteroatoms. The van der Waals surface area contributed by atoms with Gasteiger partial charge < -0.3 is 10.2 Å². The molecule has 2 aliphatic rings. The number of imide groups is 1. The average Bonchev–Trinajstić information content (AvgIpc) is 3.01. The summed E-state index contributed by atoms with van der Waals surface area (Å²) in [4.78, 5) is 41.2. The fraction of sp³-hybridized carbons (Fsp3) is 0.526. The van der Waals surface area contributed by atoms with Crippen LogP contribution >= 0.6 is 0 Å². The van der Waals surface area contributed by atoms with Crippen molar-refractivity contribution in [3.8, 4) is 0 Å². The molecule has 25 heavy (non-hydrogen) atoms. The maximum atomic E-state index is 13.1. The molecule has 134 valence electrons. The fourth-order valence-electron chi connectivity index (χ4n) is 3.76. The van der Waals surface area contributed by atoms with E-state index in [9.17, 15) is 14.4 Å². The van der Waals surface area contributed by atoms with Crippen molar-refractivity contribution in [1.82, 2.24) is 10.2 Å². The largest absolute Gasteiger partial charge is 0.332 e. The van der Waals surface area contributed by atoms with Crippen LogP contribution in [-0.2, 0) is 9.59 Å². The molecule has 2 saturated heterocycles. The molecule has 0 radical (unpaired) electrons. The highest BCUT2D eigenvalue weighted by molar-refractivity contribution is 6.19. The number of carbonyl (C=O) groups excluding carboxylic acids is 3. The van der Waals surface area contributed by atoms with Gasteiger partial charge in [-0.3, -0.25) is 9.59 Å². The first-order valence-electron chi connectivity index (χ1n) is 8.99. The Balaban J connectivity index is 1.89. The zero-order chi connectivity index (χ0) is 18.1. The van der Waals surface area contributed by atoms with Crippen LogP contribution in [0, 0.1) is 12.8 Å². The van der Waals surface area contributed by atoms with E-state index in [1.54, 1.807) is 17.0 Å². The first-order chi connectivity index (χ1) is 12.0. The molecular weight excluding hydrogens is 318 g/mol. The van der Waals surface area contributed by atoms with Crippen LogP contribution in [-0.4, -0.2) is 41.4 Å². The second-order valence-electron chi connectivity index (χ2n) is 6.84. The number of carbonyl (C=O) groups is 3. The number of likely N-dealkylation sites (tertiary alicyclic amines) is 1. The second kappa shape index (κ2) is 6.86. The number of fused-ring (bicyclic) bond motifs is 1. The van der Waals surface area contributed by atoms with Gasteiger partial charge in [0.15, 0.2) is 0 Å². The predicted octanol–water partition coefficient (Wildman–Crippen LogP) is 2.46. The van der Waals surface area contributed by atoms with Crippen LogP contribution in [0.2, 0.25) is 0 Å². The quantitative estimate of drug-likeness (QED) is 0.913. The van der Waals surface area contributed by atoms with Gasteiger partial charge in [0.2, 0.25) is 5.91 Å². The molecule has 0 aromatic heterocycles. The number of hydrogen-bond acceptors (Lipinski definition) is 3. The zero-order valence-corrected chi connectivity index (χ0v) is 15.0. The molecule has 1 N–H and O–H groups in total. The molecule has 0 saturated carbocycles. The predicted molar refractivity (Wildman–Crippen MR) is 95.2 cm³/mol. The molecular formula is C19H25N3O3. The Bertz CT molecular complexity index is 682. The summed E-state index contributed by atoms with van der Waals surface area (Å²) in [7, 11) is 0. The van der Waals surface area contributed by atoms with E-state index in [1.165, 1.54) is 4.90 Å². The summed E-state index contributed by atoms with van der Waals surface area (Å²) in [6, 6.07) is 5.94.